The molecule has 0 aromatic heterocycles. The van der Waals surface area contributed by atoms with Gasteiger partial charge in [-0.1, -0.05) is 162 Å². The molecule has 0 spiro atoms. The van der Waals surface area contributed by atoms with Crippen molar-refractivity contribution in [2.24, 2.45) is 0 Å². The van der Waals surface area contributed by atoms with Gasteiger partial charge in [-0.3, -0.25) is 9.36 Å². The highest BCUT2D eigenvalue weighted by molar-refractivity contribution is 7.45. The summed E-state index contributed by atoms with van der Waals surface area (Å²) in [5.41, 5.74) is 0. The number of aliphatic hydroxyl groups is 1. The van der Waals surface area contributed by atoms with Gasteiger partial charge in [-0.2, -0.15) is 0 Å². The first-order chi connectivity index (χ1) is 27.0. The molecule has 0 aromatic carbocycles. The van der Waals surface area contributed by atoms with E-state index in [1.54, 1.807) is 6.08 Å². The highest BCUT2D eigenvalue weighted by Crippen LogP contribution is 2.38. The van der Waals surface area contributed by atoms with Crippen molar-refractivity contribution in [1.29, 1.82) is 0 Å². The van der Waals surface area contributed by atoms with E-state index in [0.29, 0.717) is 17.4 Å². The number of phosphoric ester groups is 1. The molecule has 0 radical (unpaired) electrons. The summed E-state index contributed by atoms with van der Waals surface area (Å²) in [4.78, 5) is 24.9. The van der Waals surface area contributed by atoms with Crippen LogP contribution in [0.25, 0.3) is 0 Å². The Morgan fingerprint density at radius 2 is 1.09 bits per heavy atom. The van der Waals surface area contributed by atoms with Gasteiger partial charge in [0.15, 0.2) is 0 Å². The molecule has 0 aliphatic heterocycles. The van der Waals surface area contributed by atoms with Gasteiger partial charge in [-0.25, -0.2) is 0 Å². The maximum Gasteiger partial charge on any atom is 0.268 e. The molecule has 320 valence electrons. The topological polar surface area (TPSA) is 108 Å². The van der Waals surface area contributed by atoms with Gasteiger partial charge >= 0.3 is 0 Å². The summed E-state index contributed by atoms with van der Waals surface area (Å²) in [6.07, 6.45) is 54.1. The van der Waals surface area contributed by atoms with Gasteiger partial charge in [0, 0.05) is 6.42 Å². The molecular weight excluding hydrogens is 719 g/mol. The predicted octanol–water partition coefficient (Wildman–Crippen LogP) is 11.3. The highest BCUT2D eigenvalue weighted by Gasteiger charge is 2.23. The molecule has 2 N–H and O–H groups in total. The van der Waals surface area contributed by atoms with Crippen molar-refractivity contribution in [1.82, 2.24) is 5.32 Å². The lowest BCUT2D eigenvalue weighted by molar-refractivity contribution is -0.870. The molecule has 0 heterocycles. The van der Waals surface area contributed by atoms with Gasteiger partial charge in [-0.15, -0.1) is 0 Å². The molecule has 0 saturated heterocycles. The van der Waals surface area contributed by atoms with Crippen molar-refractivity contribution in [2.45, 2.75) is 154 Å². The number of quaternary nitrogens is 1. The van der Waals surface area contributed by atoms with E-state index in [9.17, 15) is 19.4 Å². The number of unbranched alkanes of at least 4 members (excludes halogenated alkanes) is 10. The number of hydrogen-bond acceptors (Lipinski definition) is 6. The molecule has 0 rings (SSSR count). The Bertz CT molecular complexity index is 1230. The quantitative estimate of drug-likeness (QED) is 0.0280. The Morgan fingerprint density at radius 1 is 0.643 bits per heavy atom. The Kier molecular flexibility index (Phi) is 36.2. The number of phosphoric acid groups is 1. The Morgan fingerprint density at radius 3 is 1.55 bits per heavy atom. The largest absolute Gasteiger partial charge is 0.756 e. The summed E-state index contributed by atoms with van der Waals surface area (Å²) >= 11 is 0. The summed E-state index contributed by atoms with van der Waals surface area (Å²) in [6, 6.07) is -0.891. The zero-order valence-electron chi connectivity index (χ0n) is 36.0. The zero-order chi connectivity index (χ0) is 41.4. The van der Waals surface area contributed by atoms with Crippen molar-refractivity contribution in [3.8, 4) is 0 Å². The molecule has 0 aromatic rings. The van der Waals surface area contributed by atoms with Crippen molar-refractivity contribution in [3.63, 3.8) is 0 Å². The summed E-state index contributed by atoms with van der Waals surface area (Å²) in [5, 5.41) is 13.4. The third-order valence-electron chi connectivity index (χ3n) is 8.78. The molecule has 56 heavy (non-hydrogen) atoms. The second-order valence-corrected chi connectivity index (χ2v) is 16.7. The molecule has 0 fully saturated rings. The molecule has 0 bridgehead atoms. The molecule has 0 aliphatic rings. The number of aliphatic hydroxyl groups excluding tert-OH is 1. The molecule has 0 saturated carbocycles. The van der Waals surface area contributed by atoms with Crippen LogP contribution >= 0.6 is 7.82 Å². The Balaban J connectivity index is 3.95. The maximum absolute atomic E-state index is 12.7. The fourth-order valence-electron chi connectivity index (χ4n) is 5.37. The van der Waals surface area contributed by atoms with Gasteiger partial charge < -0.3 is 28.8 Å². The number of likely N-dealkylation sites (N-methyl/N-ethyl adjacent to an activating group) is 1. The molecule has 8 nitrogen and oxygen atoms in total. The van der Waals surface area contributed by atoms with Crippen molar-refractivity contribution < 1.29 is 32.9 Å². The smallest absolute Gasteiger partial charge is 0.268 e. The first-order valence-corrected chi connectivity index (χ1v) is 23.1. The van der Waals surface area contributed by atoms with Gasteiger partial charge in [0.1, 0.15) is 13.2 Å². The first kappa shape index (κ1) is 53.4. The van der Waals surface area contributed by atoms with Crippen LogP contribution in [0.15, 0.2) is 97.2 Å². The summed E-state index contributed by atoms with van der Waals surface area (Å²) in [6.45, 7) is 4.27. The molecule has 0 aliphatic carbocycles. The van der Waals surface area contributed by atoms with Crippen LogP contribution in [0.1, 0.15) is 142 Å². The number of carbonyl (C=O) groups is 1. The van der Waals surface area contributed by atoms with Crippen LogP contribution in [0.5, 0.6) is 0 Å². The van der Waals surface area contributed by atoms with Crippen LogP contribution in [0.4, 0.5) is 0 Å². The third kappa shape index (κ3) is 39.6. The molecule has 3 unspecified atom stereocenters. The normalized spacial score (nSPS) is 15.3. The van der Waals surface area contributed by atoms with E-state index >= 15 is 0 Å². The lowest BCUT2D eigenvalue weighted by Gasteiger charge is -2.29. The van der Waals surface area contributed by atoms with E-state index in [1.165, 1.54) is 32.1 Å². The molecular formula is C47H81N2O6P. The fourth-order valence-corrected chi connectivity index (χ4v) is 6.10. The van der Waals surface area contributed by atoms with E-state index in [2.05, 4.69) is 97.3 Å². The number of carbonyl (C=O) groups excluding carboxylic acids is 1. The van der Waals surface area contributed by atoms with Crippen LogP contribution in [0, 0.1) is 0 Å². The van der Waals surface area contributed by atoms with Gasteiger partial charge in [0.2, 0.25) is 5.91 Å². The highest BCUT2D eigenvalue weighted by atomic mass is 31.2. The number of nitrogens with zero attached hydrogens (tertiary/aromatic N) is 1. The van der Waals surface area contributed by atoms with Crippen molar-refractivity contribution in [2.75, 3.05) is 40.9 Å². The number of allylic oxidation sites excluding steroid dienone is 15. The SMILES string of the molecule is CC/C=C\C/C=C\C/C=C\C/C=C\C/C=C\C/C=C\C/C=C\CCCCCCCCCCCC(=O)NC(COP(=O)([O-])OCC[N+](C)(C)C)C(O)/C=C/CCC. The van der Waals surface area contributed by atoms with E-state index < -0.39 is 26.6 Å². The third-order valence-corrected chi connectivity index (χ3v) is 9.75. The summed E-state index contributed by atoms with van der Waals surface area (Å²) in [7, 11) is 1.23. The number of hydrogen-bond donors (Lipinski definition) is 2. The fraction of sp³-hybridized carbons (Fsp3) is 0.638. The van der Waals surface area contributed by atoms with E-state index in [1.807, 2.05) is 34.1 Å². The van der Waals surface area contributed by atoms with Crippen LogP contribution < -0.4 is 10.2 Å². The minimum atomic E-state index is -4.57. The van der Waals surface area contributed by atoms with Crippen molar-refractivity contribution >= 4 is 13.7 Å². The van der Waals surface area contributed by atoms with Crippen LogP contribution in [-0.4, -0.2) is 68.5 Å². The predicted molar refractivity (Wildman–Crippen MR) is 237 cm³/mol. The number of rotatable bonds is 37. The maximum atomic E-state index is 12.7. The molecule has 1 amide bonds. The van der Waals surface area contributed by atoms with Gasteiger partial charge in [-0.05, 0) is 70.6 Å². The lowest BCUT2D eigenvalue weighted by atomic mass is 10.1. The Hall–Kier alpha value is -2.58. The van der Waals surface area contributed by atoms with Crippen LogP contribution in [-0.2, 0) is 18.4 Å². The standard InChI is InChI=1S/C47H81N2O6P/c1-6-8-10-11-12-13-14-15-16-17-18-19-20-21-22-23-24-25-26-27-28-29-30-31-32-33-34-35-36-37-39-41-47(51)48-45(46(50)40-38-9-7-2)44-55-56(52,53)54-43-42-49(3,4)5/h8,10,12-13,15-16,18-19,21-22,24-25,27-28,38,40,45-46,50H,6-7,9,11,14,17,20,23,26,29-37,39,41-44H2,1-5H3,(H-,48,51,52,53)/b10-8-,13-12-,16-15-,19-18-,22-21-,25-24-,28-27-,40-38+. The monoisotopic (exact) mass is 801 g/mol. The van der Waals surface area contributed by atoms with E-state index in [4.69, 9.17) is 9.05 Å². The van der Waals surface area contributed by atoms with E-state index in [0.717, 1.165) is 89.9 Å². The van der Waals surface area contributed by atoms with E-state index in [-0.39, 0.29) is 12.5 Å². The van der Waals surface area contributed by atoms with Crippen molar-refractivity contribution in [3.05, 3.63) is 97.2 Å². The summed E-state index contributed by atoms with van der Waals surface area (Å²) < 4.78 is 22.8. The second-order valence-electron chi connectivity index (χ2n) is 15.3. The minimum Gasteiger partial charge on any atom is -0.756 e. The zero-order valence-corrected chi connectivity index (χ0v) is 36.9. The molecule has 3 atom stereocenters. The Labute approximate surface area is 343 Å². The van der Waals surface area contributed by atoms with Crippen LogP contribution in [0.2, 0.25) is 0 Å². The second kappa shape index (κ2) is 38.0. The summed E-state index contributed by atoms with van der Waals surface area (Å²) in [5.74, 6) is -0.223. The number of nitrogens with one attached hydrogen (secondary N) is 1. The molecule has 9 heteroatoms. The average molecular weight is 801 g/mol. The van der Waals surface area contributed by atoms with Gasteiger partial charge in [0.05, 0.1) is 39.9 Å². The first-order valence-electron chi connectivity index (χ1n) is 21.6. The van der Waals surface area contributed by atoms with Crippen LogP contribution in [0.3, 0.4) is 0 Å². The average Bonchev–Trinajstić information content (AvgIpc) is 3.15. The minimum absolute atomic E-state index is 0.00923. The number of amides is 1. The lowest BCUT2D eigenvalue weighted by Crippen LogP contribution is -2.45. The van der Waals surface area contributed by atoms with Gasteiger partial charge in [0.25, 0.3) is 7.82 Å².